The Hall–Kier alpha value is -0.900. The van der Waals surface area contributed by atoms with Crippen LogP contribution in [0.4, 0.5) is 0 Å². The number of methoxy groups -OCH3 is 1. The first kappa shape index (κ1) is 15.2. The fourth-order valence-corrected chi connectivity index (χ4v) is 2.13. The van der Waals surface area contributed by atoms with Crippen LogP contribution in [0.15, 0.2) is 18.2 Å². The molecule has 0 saturated carbocycles. The van der Waals surface area contributed by atoms with Crippen LogP contribution in [0.5, 0.6) is 0 Å². The number of hydrogen-bond donors (Lipinski definition) is 1. The van der Waals surface area contributed by atoms with Gasteiger partial charge in [-0.15, -0.1) is 0 Å². The molecule has 0 fully saturated rings. The summed E-state index contributed by atoms with van der Waals surface area (Å²) < 4.78 is 5.13. The Bertz CT molecular complexity index is 359. The van der Waals surface area contributed by atoms with Gasteiger partial charge in [0.1, 0.15) is 0 Å². The molecule has 0 radical (unpaired) electrons. The lowest BCUT2D eigenvalue weighted by molar-refractivity contribution is 0.0708. The van der Waals surface area contributed by atoms with E-state index < -0.39 is 6.10 Å². The highest BCUT2D eigenvalue weighted by molar-refractivity contribution is 5.30. The van der Waals surface area contributed by atoms with Crippen LogP contribution in [-0.2, 0) is 4.74 Å². The van der Waals surface area contributed by atoms with E-state index in [4.69, 9.17) is 4.74 Å². The molecule has 0 aliphatic rings. The van der Waals surface area contributed by atoms with Gasteiger partial charge in [0.2, 0.25) is 0 Å². The topological polar surface area (TPSA) is 32.7 Å². The lowest BCUT2D eigenvalue weighted by Crippen LogP contribution is -2.35. The monoisotopic (exact) mass is 251 g/mol. The summed E-state index contributed by atoms with van der Waals surface area (Å²) in [5, 5.41) is 10.3. The van der Waals surface area contributed by atoms with E-state index in [0.29, 0.717) is 19.2 Å². The van der Waals surface area contributed by atoms with Gasteiger partial charge >= 0.3 is 0 Å². The number of ether oxygens (including phenoxy) is 1. The first-order valence-electron chi connectivity index (χ1n) is 6.39. The molecule has 0 bridgehead atoms. The minimum absolute atomic E-state index is 0.301. The van der Waals surface area contributed by atoms with Crippen LogP contribution in [0.25, 0.3) is 0 Å². The molecule has 2 atom stereocenters. The lowest BCUT2D eigenvalue weighted by Gasteiger charge is -2.26. The number of aryl methyl sites for hydroxylation is 2. The number of aliphatic hydroxyl groups is 1. The Morgan fingerprint density at radius 2 is 1.78 bits per heavy atom. The van der Waals surface area contributed by atoms with Gasteiger partial charge in [-0.25, -0.2) is 0 Å². The van der Waals surface area contributed by atoms with Crippen molar-refractivity contribution in [1.82, 2.24) is 4.90 Å². The molecule has 2 unspecified atom stereocenters. The van der Waals surface area contributed by atoms with Crippen LogP contribution >= 0.6 is 0 Å². The second-order valence-electron chi connectivity index (χ2n) is 5.18. The van der Waals surface area contributed by atoms with Gasteiger partial charge in [0.25, 0.3) is 0 Å². The number of hydrogen-bond acceptors (Lipinski definition) is 3. The zero-order chi connectivity index (χ0) is 13.7. The number of benzene rings is 1. The van der Waals surface area contributed by atoms with E-state index in [1.807, 2.05) is 19.2 Å². The van der Waals surface area contributed by atoms with E-state index in [9.17, 15) is 5.11 Å². The van der Waals surface area contributed by atoms with E-state index in [-0.39, 0.29) is 0 Å². The van der Waals surface area contributed by atoms with E-state index >= 15 is 0 Å². The molecule has 1 N–H and O–H groups in total. The van der Waals surface area contributed by atoms with Gasteiger partial charge in [0.05, 0.1) is 12.7 Å². The van der Waals surface area contributed by atoms with Crippen molar-refractivity contribution >= 4 is 0 Å². The Morgan fingerprint density at radius 1 is 1.22 bits per heavy atom. The molecule has 0 aromatic heterocycles. The molecule has 0 aliphatic carbocycles. The normalized spacial score (nSPS) is 14.8. The first-order chi connectivity index (χ1) is 8.43. The first-order valence-corrected chi connectivity index (χ1v) is 6.39. The van der Waals surface area contributed by atoms with Crippen molar-refractivity contribution < 1.29 is 9.84 Å². The van der Waals surface area contributed by atoms with Crippen LogP contribution in [0.3, 0.4) is 0 Å². The highest BCUT2D eigenvalue weighted by atomic mass is 16.5. The van der Waals surface area contributed by atoms with E-state index in [0.717, 1.165) is 5.56 Å². The second-order valence-corrected chi connectivity index (χ2v) is 5.18. The fraction of sp³-hybridized carbons (Fsp3) is 0.600. The molecule has 0 heterocycles. The third-order valence-corrected chi connectivity index (χ3v) is 3.25. The van der Waals surface area contributed by atoms with Crippen LogP contribution in [-0.4, -0.2) is 43.4 Å². The molecule has 3 nitrogen and oxygen atoms in total. The summed E-state index contributed by atoms with van der Waals surface area (Å²) in [5.41, 5.74) is 3.37. The van der Waals surface area contributed by atoms with Gasteiger partial charge in [-0.3, -0.25) is 4.90 Å². The van der Waals surface area contributed by atoms with Gasteiger partial charge < -0.3 is 9.84 Å². The average Bonchev–Trinajstić information content (AvgIpc) is 2.27. The molecular weight excluding hydrogens is 226 g/mol. The quantitative estimate of drug-likeness (QED) is 0.842. The molecule has 1 rings (SSSR count). The maximum Gasteiger partial charge on any atom is 0.0917 e. The number of rotatable bonds is 6. The highest BCUT2D eigenvalue weighted by Gasteiger charge is 2.15. The maximum absolute atomic E-state index is 10.3. The van der Waals surface area contributed by atoms with Crippen LogP contribution < -0.4 is 0 Å². The van der Waals surface area contributed by atoms with Gasteiger partial charge in [-0.1, -0.05) is 29.3 Å². The standard InChI is InChI=1S/C15H25NO2/c1-11-6-12(2)8-14(7-11)15(17)9-16(4)13(3)10-18-5/h6-8,13,15,17H,9-10H2,1-5H3. The molecule has 0 aliphatic heterocycles. The third-order valence-electron chi connectivity index (χ3n) is 3.25. The predicted octanol–water partition coefficient (Wildman–Crippen LogP) is 2.30. The molecule has 1 aromatic carbocycles. The minimum atomic E-state index is -0.451. The van der Waals surface area contributed by atoms with E-state index in [1.54, 1.807) is 7.11 Å². The highest BCUT2D eigenvalue weighted by Crippen LogP contribution is 2.18. The van der Waals surface area contributed by atoms with Crippen LogP contribution in [0.2, 0.25) is 0 Å². The van der Waals surface area contributed by atoms with Crippen LogP contribution in [0, 0.1) is 13.8 Å². The van der Waals surface area contributed by atoms with Crippen molar-refractivity contribution in [3.05, 3.63) is 34.9 Å². The minimum Gasteiger partial charge on any atom is -0.387 e. The summed E-state index contributed by atoms with van der Waals surface area (Å²) >= 11 is 0. The molecule has 0 amide bonds. The number of nitrogens with zero attached hydrogens (tertiary/aromatic N) is 1. The van der Waals surface area contributed by atoms with Crippen molar-refractivity contribution in [2.75, 3.05) is 27.3 Å². The van der Waals surface area contributed by atoms with Gasteiger partial charge in [0, 0.05) is 19.7 Å². The summed E-state index contributed by atoms with van der Waals surface area (Å²) in [4.78, 5) is 2.12. The summed E-state index contributed by atoms with van der Waals surface area (Å²) in [6, 6.07) is 6.52. The smallest absolute Gasteiger partial charge is 0.0917 e. The van der Waals surface area contributed by atoms with Crippen molar-refractivity contribution in [2.45, 2.75) is 32.9 Å². The van der Waals surface area contributed by atoms with Crippen molar-refractivity contribution in [1.29, 1.82) is 0 Å². The third kappa shape index (κ3) is 4.41. The molecule has 0 spiro atoms. The summed E-state index contributed by atoms with van der Waals surface area (Å²) in [6.45, 7) is 7.50. The Labute approximate surface area is 110 Å². The molecule has 1 aromatic rings. The Morgan fingerprint density at radius 3 is 2.28 bits per heavy atom. The zero-order valence-corrected chi connectivity index (χ0v) is 12.1. The Balaban J connectivity index is 2.66. The summed E-state index contributed by atoms with van der Waals surface area (Å²) in [6.07, 6.45) is -0.451. The number of aliphatic hydroxyl groups excluding tert-OH is 1. The van der Waals surface area contributed by atoms with Crippen molar-refractivity contribution in [2.24, 2.45) is 0 Å². The summed E-state index contributed by atoms with van der Waals surface area (Å²) in [7, 11) is 3.71. The second kappa shape index (κ2) is 6.88. The van der Waals surface area contributed by atoms with Gasteiger partial charge in [-0.05, 0) is 33.4 Å². The summed E-state index contributed by atoms with van der Waals surface area (Å²) in [5.74, 6) is 0. The predicted molar refractivity (Wildman–Crippen MR) is 74.8 cm³/mol. The Kier molecular flexibility index (Phi) is 5.79. The van der Waals surface area contributed by atoms with Gasteiger partial charge in [-0.2, -0.15) is 0 Å². The van der Waals surface area contributed by atoms with Crippen LogP contribution in [0.1, 0.15) is 29.7 Å². The van der Waals surface area contributed by atoms with E-state index in [1.165, 1.54) is 11.1 Å². The zero-order valence-electron chi connectivity index (χ0n) is 12.1. The molecule has 102 valence electrons. The largest absolute Gasteiger partial charge is 0.387 e. The SMILES string of the molecule is COCC(C)N(C)CC(O)c1cc(C)cc(C)c1. The fourth-order valence-electron chi connectivity index (χ4n) is 2.13. The maximum atomic E-state index is 10.3. The molecule has 18 heavy (non-hydrogen) atoms. The lowest BCUT2D eigenvalue weighted by atomic mass is 10.0. The molecule has 0 saturated heterocycles. The molecule has 3 heteroatoms. The molecular formula is C15H25NO2. The van der Waals surface area contributed by atoms with Gasteiger partial charge in [0.15, 0.2) is 0 Å². The number of likely N-dealkylation sites (N-methyl/N-ethyl adjacent to an activating group) is 1. The average molecular weight is 251 g/mol. The van der Waals surface area contributed by atoms with Crippen molar-refractivity contribution in [3.63, 3.8) is 0 Å². The van der Waals surface area contributed by atoms with E-state index in [2.05, 4.69) is 31.7 Å². The van der Waals surface area contributed by atoms with Crippen molar-refractivity contribution in [3.8, 4) is 0 Å².